The number of carbonyl (C=O) groups excluding carboxylic acids is 4. The number of aliphatic hydroxyl groups excluding tert-OH is 2. The third-order valence-corrected chi connectivity index (χ3v) is 4.79. The molecule has 0 aliphatic carbocycles. The Balaban J connectivity index is 2.92. The molecule has 0 radical (unpaired) electrons. The van der Waals surface area contributed by atoms with E-state index >= 15 is 0 Å². The number of rotatable bonds is 13. The van der Waals surface area contributed by atoms with Gasteiger partial charge in [-0.2, -0.15) is 0 Å². The van der Waals surface area contributed by atoms with Crippen molar-refractivity contribution >= 4 is 29.4 Å². The maximum atomic E-state index is 12.9. The fourth-order valence-electron chi connectivity index (χ4n) is 2.85. The Morgan fingerprint density at radius 1 is 0.970 bits per heavy atom. The molecule has 12 heteroatoms. The van der Waals surface area contributed by atoms with Crippen molar-refractivity contribution in [1.82, 2.24) is 16.0 Å². The summed E-state index contributed by atoms with van der Waals surface area (Å²) < 4.78 is 0. The Bertz CT molecular complexity index is 801. The van der Waals surface area contributed by atoms with E-state index in [0.717, 1.165) is 0 Å². The number of nitrogens with one attached hydrogen (secondary N) is 4. The summed E-state index contributed by atoms with van der Waals surface area (Å²) in [4.78, 5) is 48.7. The summed E-state index contributed by atoms with van der Waals surface area (Å²) in [5, 5.41) is 28.4. The highest BCUT2D eigenvalue weighted by atomic mass is 16.3. The van der Waals surface area contributed by atoms with Crippen molar-refractivity contribution in [3.05, 3.63) is 29.8 Å². The first-order valence-electron chi connectivity index (χ1n) is 10.6. The summed E-state index contributed by atoms with van der Waals surface area (Å²) in [6.07, 6.45) is 0.528. The third kappa shape index (κ3) is 9.85. The predicted octanol–water partition coefficient (Wildman–Crippen LogP) is -1.49. The number of anilines is 1. The van der Waals surface area contributed by atoms with Crippen LogP contribution in [0.25, 0.3) is 0 Å². The second-order valence-electron chi connectivity index (χ2n) is 7.86. The van der Waals surface area contributed by atoms with Gasteiger partial charge in [-0.1, -0.05) is 26.0 Å². The molecular formula is C21H34N6O6. The number of hydrogen-bond donors (Lipinski definition) is 8. The standard InChI is InChI=1S/C21H34N6O6/c1-12(2)17(27-18(30)15(22)11-29)20(32)26-16(4-3-9-24-21(23)33)19(31)25-14-7-5-13(10-28)6-8-14/h5-8,12,15-17,28-29H,3-4,9-11,22H2,1-2H3,(H,25,31)(H,26,32)(H,27,30)(H3,23,24,33)/t15-,16-,17-/m0/s1. The quantitative estimate of drug-likeness (QED) is 0.161. The van der Waals surface area contributed by atoms with E-state index in [-0.39, 0.29) is 25.5 Å². The molecule has 10 N–H and O–H groups in total. The normalized spacial score (nSPS) is 13.5. The molecule has 0 unspecified atom stereocenters. The van der Waals surface area contributed by atoms with Crippen LogP contribution in [0.5, 0.6) is 0 Å². The topological polar surface area (TPSA) is 209 Å². The third-order valence-electron chi connectivity index (χ3n) is 4.79. The van der Waals surface area contributed by atoms with E-state index in [1.807, 2.05) is 0 Å². The van der Waals surface area contributed by atoms with Gasteiger partial charge < -0.3 is 42.9 Å². The average Bonchev–Trinajstić information content (AvgIpc) is 2.78. The van der Waals surface area contributed by atoms with E-state index in [1.54, 1.807) is 38.1 Å². The zero-order chi connectivity index (χ0) is 25.0. The van der Waals surface area contributed by atoms with Crippen molar-refractivity contribution in [3.63, 3.8) is 0 Å². The Morgan fingerprint density at radius 3 is 2.12 bits per heavy atom. The van der Waals surface area contributed by atoms with Crippen LogP contribution in [0, 0.1) is 5.92 Å². The average molecular weight is 467 g/mol. The van der Waals surface area contributed by atoms with Crippen molar-refractivity contribution in [2.45, 2.75) is 51.4 Å². The molecule has 0 bridgehead atoms. The van der Waals surface area contributed by atoms with Crippen LogP contribution in [-0.2, 0) is 21.0 Å². The molecule has 0 spiro atoms. The molecule has 1 rings (SSSR count). The molecular weight excluding hydrogens is 432 g/mol. The molecule has 0 aliphatic heterocycles. The number of hydrogen-bond acceptors (Lipinski definition) is 7. The number of amides is 5. The summed E-state index contributed by atoms with van der Waals surface area (Å²) in [6, 6.07) is 2.68. The van der Waals surface area contributed by atoms with Gasteiger partial charge in [-0.25, -0.2) is 4.79 Å². The molecule has 184 valence electrons. The van der Waals surface area contributed by atoms with E-state index in [2.05, 4.69) is 21.3 Å². The Kier molecular flexibility index (Phi) is 11.8. The van der Waals surface area contributed by atoms with Crippen LogP contribution in [0.1, 0.15) is 32.3 Å². The lowest BCUT2D eigenvalue weighted by atomic mass is 10.0. The van der Waals surface area contributed by atoms with E-state index in [9.17, 15) is 19.2 Å². The summed E-state index contributed by atoms with van der Waals surface area (Å²) in [7, 11) is 0. The van der Waals surface area contributed by atoms with Crippen LogP contribution in [0.4, 0.5) is 10.5 Å². The van der Waals surface area contributed by atoms with Crippen LogP contribution < -0.4 is 32.7 Å². The Hall–Kier alpha value is -3.22. The molecule has 12 nitrogen and oxygen atoms in total. The first-order chi connectivity index (χ1) is 15.6. The number of benzene rings is 1. The highest BCUT2D eigenvalue weighted by Gasteiger charge is 2.29. The van der Waals surface area contributed by atoms with Gasteiger partial charge in [-0.05, 0) is 36.5 Å². The molecule has 0 fully saturated rings. The van der Waals surface area contributed by atoms with E-state index in [4.69, 9.17) is 21.7 Å². The number of nitrogens with two attached hydrogens (primary N) is 2. The molecule has 0 saturated heterocycles. The maximum absolute atomic E-state index is 12.9. The lowest BCUT2D eigenvalue weighted by Gasteiger charge is -2.26. The Morgan fingerprint density at radius 2 is 1.61 bits per heavy atom. The van der Waals surface area contributed by atoms with Crippen molar-refractivity contribution < 1.29 is 29.4 Å². The minimum absolute atomic E-state index is 0.137. The Labute approximate surface area is 192 Å². The molecule has 0 aliphatic rings. The number of primary amides is 1. The number of aliphatic hydroxyl groups is 2. The summed E-state index contributed by atoms with van der Waals surface area (Å²) in [5.41, 5.74) is 11.7. The molecule has 33 heavy (non-hydrogen) atoms. The van der Waals surface area contributed by atoms with Gasteiger partial charge in [-0.3, -0.25) is 14.4 Å². The number of carbonyl (C=O) groups is 4. The summed E-state index contributed by atoms with van der Waals surface area (Å²) >= 11 is 0. The van der Waals surface area contributed by atoms with Crippen molar-refractivity contribution in [2.24, 2.45) is 17.4 Å². The lowest BCUT2D eigenvalue weighted by Crippen LogP contribution is -2.57. The van der Waals surface area contributed by atoms with Crippen molar-refractivity contribution in [3.8, 4) is 0 Å². The van der Waals surface area contributed by atoms with Crippen LogP contribution in [0.15, 0.2) is 24.3 Å². The van der Waals surface area contributed by atoms with Crippen molar-refractivity contribution in [1.29, 1.82) is 0 Å². The lowest BCUT2D eigenvalue weighted by molar-refractivity contribution is -0.132. The van der Waals surface area contributed by atoms with Crippen molar-refractivity contribution in [2.75, 3.05) is 18.5 Å². The van der Waals surface area contributed by atoms with Gasteiger partial charge in [-0.15, -0.1) is 0 Å². The molecule has 3 atom stereocenters. The fraction of sp³-hybridized carbons (Fsp3) is 0.524. The second kappa shape index (κ2) is 14.0. The zero-order valence-corrected chi connectivity index (χ0v) is 18.8. The van der Waals surface area contributed by atoms with Gasteiger partial charge in [0.25, 0.3) is 0 Å². The van der Waals surface area contributed by atoms with Gasteiger partial charge in [0.1, 0.15) is 18.1 Å². The van der Waals surface area contributed by atoms with E-state index in [1.165, 1.54) is 0 Å². The monoisotopic (exact) mass is 466 g/mol. The van der Waals surface area contributed by atoms with Crippen LogP contribution >= 0.6 is 0 Å². The van der Waals surface area contributed by atoms with Gasteiger partial charge >= 0.3 is 6.03 Å². The molecule has 5 amide bonds. The second-order valence-corrected chi connectivity index (χ2v) is 7.86. The minimum atomic E-state index is -1.18. The SMILES string of the molecule is CC(C)[C@H](NC(=O)[C@@H](N)CO)C(=O)N[C@@H](CCCNC(N)=O)C(=O)Nc1ccc(CO)cc1. The van der Waals surface area contributed by atoms with Crippen LogP contribution in [0.2, 0.25) is 0 Å². The van der Waals surface area contributed by atoms with E-state index < -0.39 is 48.5 Å². The first kappa shape index (κ1) is 27.8. The van der Waals surface area contributed by atoms with Gasteiger partial charge in [0, 0.05) is 12.2 Å². The number of urea groups is 1. The highest BCUT2D eigenvalue weighted by molar-refractivity contribution is 5.98. The van der Waals surface area contributed by atoms with Gasteiger partial charge in [0.2, 0.25) is 17.7 Å². The van der Waals surface area contributed by atoms with Crippen LogP contribution in [-0.4, -0.2) is 65.2 Å². The molecule has 0 heterocycles. The van der Waals surface area contributed by atoms with Crippen LogP contribution in [0.3, 0.4) is 0 Å². The molecule has 1 aromatic rings. The zero-order valence-electron chi connectivity index (χ0n) is 18.8. The predicted molar refractivity (Wildman–Crippen MR) is 122 cm³/mol. The van der Waals surface area contributed by atoms with E-state index in [0.29, 0.717) is 17.7 Å². The molecule has 0 saturated carbocycles. The largest absolute Gasteiger partial charge is 0.394 e. The molecule has 0 aromatic heterocycles. The summed E-state index contributed by atoms with van der Waals surface area (Å²) in [5.74, 6) is -2.12. The maximum Gasteiger partial charge on any atom is 0.312 e. The highest BCUT2D eigenvalue weighted by Crippen LogP contribution is 2.12. The smallest absolute Gasteiger partial charge is 0.312 e. The minimum Gasteiger partial charge on any atom is -0.394 e. The fourth-order valence-corrected chi connectivity index (χ4v) is 2.85. The van der Waals surface area contributed by atoms with Gasteiger partial charge in [0.15, 0.2) is 0 Å². The summed E-state index contributed by atoms with van der Waals surface area (Å²) in [6.45, 7) is 2.91. The molecule has 1 aromatic carbocycles. The van der Waals surface area contributed by atoms with Gasteiger partial charge in [0.05, 0.1) is 13.2 Å². The first-order valence-corrected chi connectivity index (χ1v) is 10.6.